The summed E-state index contributed by atoms with van der Waals surface area (Å²) >= 11 is 0. The Kier molecular flexibility index (Phi) is 11.8. The summed E-state index contributed by atoms with van der Waals surface area (Å²) in [4.78, 5) is 22.9. The molecule has 10 heteroatoms. The summed E-state index contributed by atoms with van der Waals surface area (Å²) in [6.07, 6.45) is -0.00278. The highest BCUT2D eigenvalue weighted by Gasteiger charge is 2.17. The van der Waals surface area contributed by atoms with Gasteiger partial charge in [0.15, 0.2) is 0 Å². The standard InChI is InChI=1S/C23H28FNO8/c1-2-29-11-12-30-13-14-31-15-16-32-21-8-9-22(25(27)28)18(17-21)3-10-23(26)33-20-6-4-19(24)5-7-20/h4-9,17H,2-3,10-16H2,1H3. The molecule has 0 saturated heterocycles. The van der Waals surface area contributed by atoms with E-state index in [0.717, 1.165) is 0 Å². The molecule has 2 aromatic rings. The Bertz CT molecular complexity index is 875. The number of carbonyl (C=O) groups excluding carboxylic acids is 1. The van der Waals surface area contributed by atoms with E-state index in [1.54, 1.807) is 0 Å². The first-order valence-electron chi connectivity index (χ1n) is 10.6. The van der Waals surface area contributed by atoms with Crippen LogP contribution in [0.15, 0.2) is 42.5 Å². The van der Waals surface area contributed by atoms with E-state index in [1.807, 2.05) is 6.92 Å². The minimum absolute atomic E-state index is 0.0864. The van der Waals surface area contributed by atoms with Gasteiger partial charge in [0.1, 0.15) is 23.9 Å². The molecule has 0 spiro atoms. The van der Waals surface area contributed by atoms with Crippen LogP contribution >= 0.6 is 0 Å². The molecular formula is C23H28FNO8. The van der Waals surface area contributed by atoms with Gasteiger partial charge >= 0.3 is 5.97 Å². The quantitative estimate of drug-likeness (QED) is 0.121. The summed E-state index contributed by atoms with van der Waals surface area (Å²) in [6, 6.07) is 9.37. The van der Waals surface area contributed by atoms with Gasteiger partial charge < -0.3 is 23.7 Å². The van der Waals surface area contributed by atoms with E-state index in [0.29, 0.717) is 51.0 Å². The number of halogens is 1. The summed E-state index contributed by atoms with van der Waals surface area (Å²) in [5.41, 5.74) is 0.231. The first-order valence-corrected chi connectivity index (χ1v) is 10.6. The average Bonchev–Trinajstić information content (AvgIpc) is 2.80. The number of hydrogen-bond acceptors (Lipinski definition) is 8. The molecule has 180 valence electrons. The van der Waals surface area contributed by atoms with Gasteiger partial charge in [0, 0.05) is 18.2 Å². The number of hydrogen-bond donors (Lipinski definition) is 0. The number of nitro groups is 1. The van der Waals surface area contributed by atoms with Crippen molar-refractivity contribution in [1.82, 2.24) is 0 Å². The molecule has 0 heterocycles. The molecule has 33 heavy (non-hydrogen) atoms. The van der Waals surface area contributed by atoms with Crippen LogP contribution in [0.4, 0.5) is 10.1 Å². The minimum Gasteiger partial charge on any atom is -0.491 e. The largest absolute Gasteiger partial charge is 0.491 e. The zero-order valence-corrected chi connectivity index (χ0v) is 18.5. The number of aryl methyl sites for hydroxylation is 1. The highest BCUT2D eigenvalue weighted by atomic mass is 19.1. The van der Waals surface area contributed by atoms with Gasteiger partial charge in [0.2, 0.25) is 0 Å². The number of nitrogens with zero attached hydrogens (tertiary/aromatic N) is 1. The van der Waals surface area contributed by atoms with Gasteiger partial charge in [-0.2, -0.15) is 0 Å². The first-order chi connectivity index (χ1) is 16.0. The summed E-state index contributed by atoms with van der Waals surface area (Å²) in [5, 5.41) is 11.3. The van der Waals surface area contributed by atoms with Gasteiger partial charge in [-0.05, 0) is 49.7 Å². The van der Waals surface area contributed by atoms with Crippen LogP contribution < -0.4 is 9.47 Å². The summed E-state index contributed by atoms with van der Waals surface area (Å²) in [7, 11) is 0. The van der Waals surface area contributed by atoms with Crippen LogP contribution in [0.3, 0.4) is 0 Å². The normalized spacial score (nSPS) is 10.7. The van der Waals surface area contributed by atoms with Crippen LogP contribution in [0.5, 0.6) is 11.5 Å². The third-order valence-electron chi connectivity index (χ3n) is 4.34. The average molecular weight is 465 g/mol. The fraction of sp³-hybridized carbons (Fsp3) is 0.435. The van der Waals surface area contributed by atoms with Gasteiger partial charge in [-0.15, -0.1) is 0 Å². The first kappa shape index (κ1) is 26.2. The van der Waals surface area contributed by atoms with Crippen molar-refractivity contribution in [3.05, 3.63) is 64.0 Å². The van der Waals surface area contributed by atoms with E-state index in [2.05, 4.69) is 0 Å². The molecule has 0 aliphatic heterocycles. The Hall–Kier alpha value is -3.08. The van der Waals surface area contributed by atoms with E-state index < -0.39 is 16.7 Å². The van der Waals surface area contributed by atoms with Crippen molar-refractivity contribution in [2.24, 2.45) is 0 Å². The molecule has 0 saturated carbocycles. The third-order valence-corrected chi connectivity index (χ3v) is 4.34. The predicted octanol–water partition coefficient (Wildman–Crippen LogP) is 3.72. The Morgan fingerprint density at radius 3 is 2.15 bits per heavy atom. The maximum atomic E-state index is 12.9. The number of benzene rings is 2. The predicted molar refractivity (Wildman–Crippen MR) is 117 cm³/mol. The van der Waals surface area contributed by atoms with Crippen LogP contribution in [0.25, 0.3) is 0 Å². The second-order valence-corrected chi connectivity index (χ2v) is 6.75. The molecule has 0 fully saturated rings. The van der Waals surface area contributed by atoms with Crippen LogP contribution in [0.2, 0.25) is 0 Å². The lowest BCUT2D eigenvalue weighted by molar-refractivity contribution is -0.385. The molecular weight excluding hydrogens is 437 g/mol. The number of rotatable bonds is 16. The van der Waals surface area contributed by atoms with Crippen molar-refractivity contribution in [3.8, 4) is 11.5 Å². The number of carbonyl (C=O) groups is 1. The lowest BCUT2D eigenvalue weighted by Crippen LogP contribution is -2.13. The van der Waals surface area contributed by atoms with Crippen LogP contribution in [0, 0.1) is 15.9 Å². The molecule has 0 bridgehead atoms. The topological polar surface area (TPSA) is 106 Å². The fourth-order valence-corrected chi connectivity index (χ4v) is 2.75. The highest BCUT2D eigenvalue weighted by molar-refractivity contribution is 5.72. The fourth-order valence-electron chi connectivity index (χ4n) is 2.75. The molecule has 2 aromatic carbocycles. The van der Waals surface area contributed by atoms with Crippen molar-refractivity contribution in [1.29, 1.82) is 0 Å². The SMILES string of the molecule is CCOCCOCCOCCOc1ccc([N+](=O)[O-])c(CCC(=O)Oc2ccc(F)cc2)c1. The number of ether oxygens (including phenoxy) is 5. The molecule has 0 amide bonds. The van der Waals surface area contributed by atoms with Crippen LogP contribution in [-0.4, -0.2) is 57.1 Å². The highest BCUT2D eigenvalue weighted by Crippen LogP contribution is 2.25. The molecule has 0 atom stereocenters. The summed E-state index contributed by atoms with van der Waals surface area (Å²) < 4.78 is 39.6. The number of nitro benzene ring substituents is 1. The maximum Gasteiger partial charge on any atom is 0.311 e. The van der Waals surface area contributed by atoms with Crippen LogP contribution in [-0.2, 0) is 25.4 Å². The van der Waals surface area contributed by atoms with Crippen molar-refractivity contribution in [2.45, 2.75) is 19.8 Å². The van der Waals surface area contributed by atoms with Gasteiger partial charge in [-0.25, -0.2) is 4.39 Å². The smallest absolute Gasteiger partial charge is 0.311 e. The second-order valence-electron chi connectivity index (χ2n) is 6.75. The Balaban J connectivity index is 1.76. The second kappa shape index (κ2) is 14.9. The maximum absolute atomic E-state index is 12.9. The lowest BCUT2D eigenvalue weighted by atomic mass is 10.1. The molecule has 0 unspecified atom stereocenters. The van der Waals surface area contributed by atoms with E-state index in [1.165, 1.54) is 42.5 Å². The van der Waals surface area contributed by atoms with E-state index in [-0.39, 0.29) is 30.9 Å². The van der Waals surface area contributed by atoms with Crippen molar-refractivity contribution < 1.29 is 37.8 Å². The van der Waals surface area contributed by atoms with Crippen molar-refractivity contribution >= 4 is 11.7 Å². The van der Waals surface area contributed by atoms with E-state index >= 15 is 0 Å². The Morgan fingerprint density at radius 1 is 0.909 bits per heavy atom. The molecule has 0 aliphatic rings. The number of esters is 1. The van der Waals surface area contributed by atoms with Gasteiger partial charge in [-0.1, -0.05) is 0 Å². The van der Waals surface area contributed by atoms with E-state index in [9.17, 15) is 19.3 Å². The Labute approximate surface area is 191 Å². The monoisotopic (exact) mass is 465 g/mol. The van der Waals surface area contributed by atoms with E-state index in [4.69, 9.17) is 23.7 Å². The van der Waals surface area contributed by atoms with Gasteiger partial charge in [-0.3, -0.25) is 14.9 Å². The van der Waals surface area contributed by atoms with Crippen LogP contribution in [0.1, 0.15) is 18.9 Å². The minimum atomic E-state index is -0.584. The molecule has 0 N–H and O–H groups in total. The van der Waals surface area contributed by atoms with Gasteiger partial charge in [0.25, 0.3) is 5.69 Å². The molecule has 0 aliphatic carbocycles. The zero-order chi connectivity index (χ0) is 23.9. The zero-order valence-electron chi connectivity index (χ0n) is 18.5. The summed E-state index contributed by atoms with van der Waals surface area (Å²) in [5.74, 6) is -0.399. The van der Waals surface area contributed by atoms with Gasteiger partial charge in [0.05, 0.1) is 44.4 Å². The summed E-state index contributed by atoms with van der Waals surface area (Å²) in [6.45, 7) is 5.07. The molecule has 9 nitrogen and oxygen atoms in total. The molecule has 0 aromatic heterocycles. The molecule has 2 rings (SSSR count). The third kappa shape index (κ3) is 10.4. The Morgan fingerprint density at radius 2 is 1.52 bits per heavy atom. The van der Waals surface area contributed by atoms with Crippen molar-refractivity contribution in [2.75, 3.05) is 46.2 Å². The molecule has 0 radical (unpaired) electrons. The lowest BCUT2D eigenvalue weighted by Gasteiger charge is -2.10. The van der Waals surface area contributed by atoms with Crippen molar-refractivity contribution in [3.63, 3.8) is 0 Å².